The van der Waals surface area contributed by atoms with E-state index in [2.05, 4.69) is 38.2 Å². The fourth-order valence-corrected chi connectivity index (χ4v) is 3.31. The molecule has 20 heavy (non-hydrogen) atoms. The van der Waals surface area contributed by atoms with E-state index in [9.17, 15) is 4.39 Å². The molecule has 0 aliphatic rings. The number of nitrogens with zero attached hydrogens (tertiary/aromatic N) is 1. The average molecular weight is 301 g/mol. The summed E-state index contributed by atoms with van der Waals surface area (Å²) in [6.07, 6.45) is 2.67. The molecular formula is C16H26ClFN2. The third kappa shape index (κ3) is 3.51. The van der Waals surface area contributed by atoms with E-state index in [0.717, 1.165) is 12.8 Å². The first-order valence-electron chi connectivity index (χ1n) is 7.19. The summed E-state index contributed by atoms with van der Waals surface area (Å²) in [6.45, 7) is 4.37. The summed E-state index contributed by atoms with van der Waals surface area (Å²) in [5, 5.41) is 3.82. The predicted molar refractivity (Wildman–Crippen MR) is 85.0 cm³/mol. The molecule has 0 saturated carbocycles. The number of benzene rings is 1. The van der Waals surface area contributed by atoms with Crippen LogP contribution in [-0.4, -0.2) is 37.6 Å². The Morgan fingerprint density at radius 3 is 2.30 bits per heavy atom. The van der Waals surface area contributed by atoms with Crippen molar-refractivity contribution in [2.24, 2.45) is 0 Å². The maximum atomic E-state index is 14.0. The quantitative estimate of drug-likeness (QED) is 0.825. The molecular weight excluding hydrogens is 275 g/mol. The zero-order valence-electron chi connectivity index (χ0n) is 13.1. The van der Waals surface area contributed by atoms with Crippen LogP contribution in [0, 0.1) is 5.82 Å². The zero-order valence-corrected chi connectivity index (χ0v) is 13.9. The number of likely N-dealkylation sites (N-methyl/N-ethyl adjacent to an activating group) is 2. The lowest BCUT2D eigenvalue weighted by Gasteiger charge is -2.45. The molecule has 0 aliphatic carbocycles. The molecule has 1 aromatic rings. The van der Waals surface area contributed by atoms with Crippen LogP contribution >= 0.6 is 11.6 Å². The highest BCUT2D eigenvalue weighted by molar-refractivity contribution is 6.30. The van der Waals surface area contributed by atoms with Crippen LogP contribution in [0.3, 0.4) is 0 Å². The molecule has 1 atom stereocenters. The van der Waals surface area contributed by atoms with Crippen molar-refractivity contribution in [3.8, 4) is 0 Å². The standard InChI is InChI=1S/C16H26ClFN2/c1-6-16(7-2,20(4)5)15(19-3)10-12-8-9-13(17)11-14(12)18/h8-9,11,15,19H,6-7,10H2,1-5H3. The Labute approximate surface area is 127 Å². The van der Waals surface area contributed by atoms with Gasteiger partial charge < -0.3 is 10.2 Å². The molecule has 0 bridgehead atoms. The minimum absolute atomic E-state index is 0.0147. The summed E-state index contributed by atoms with van der Waals surface area (Å²) >= 11 is 5.82. The Balaban J connectivity index is 3.06. The predicted octanol–water partition coefficient (Wildman–Crippen LogP) is 3.73. The van der Waals surface area contributed by atoms with Crippen molar-refractivity contribution in [1.82, 2.24) is 10.2 Å². The summed E-state index contributed by atoms with van der Waals surface area (Å²) in [4.78, 5) is 2.25. The highest BCUT2D eigenvalue weighted by atomic mass is 35.5. The van der Waals surface area contributed by atoms with Crippen LogP contribution < -0.4 is 5.32 Å². The first-order chi connectivity index (χ1) is 9.41. The van der Waals surface area contributed by atoms with Gasteiger partial charge in [0, 0.05) is 16.6 Å². The van der Waals surface area contributed by atoms with Crippen molar-refractivity contribution in [3.63, 3.8) is 0 Å². The molecule has 1 aromatic carbocycles. The molecule has 1 N–H and O–H groups in total. The Morgan fingerprint density at radius 1 is 1.30 bits per heavy atom. The molecule has 0 aromatic heterocycles. The van der Waals surface area contributed by atoms with Crippen LogP contribution in [-0.2, 0) is 6.42 Å². The lowest BCUT2D eigenvalue weighted by Crippen LogP contribution is -2.58. The van der Waals surface area contributed by atoms with Crippen molar-refractivity contribution >= 4 is 11.6 Å². The summed E-state index contributed by atoms with van der Waals surface area (Å²) in [6, 6.07) is 5.11. The van der Waals surface area contributed by atoms with E-state index in [4.69, 9.17) is 11.6 Å². The van der Waals surface area contributed by atoms with Crippen molar-refractivity contribution < 1.29 is 4.39 Å². The van der Waals surface area contributed by atoms with Crippen molar-refractivity contribution in [3.05, 3.63) is 34.6 Å². The monoisotopic (exact) mass is 300 g/mol. The second-order valence-corrected chi connectivity index (χ2v) is 5.92. The van der Waals surface area contributed by atoms with Crippen molar-refractivity contribution in [2.45, 2.75) is 44.7 Å². The number of nitrogens with one attached hydrogen (secondary N) is 1. The maximum Gasteiger partial charge on any atom is 0.127 e. The first-order valence-corrected chi connectivity index (χ1v) is 7.57. The van der Waals surface area contributed by atoms with Gasteiger partial charge in [0.25, 0.3) is 0 Å². The van der Waals surface area contributed by atoms with Gasteiger partial charge in [-0.15, -0.1) is 0 Å². The number of hydrogen-bond acceptors (Lipinski definition) is 2. The largest absolute Gasteiger partial charge is 0.315 e. The van der Waals surface area contributed by atoms with Crippen molar-refractivity contribution in [1.29, 1.82) is 0 Å². The van der Waals surface area contributed by atoms with Gasteiger partial charge in [-0.3, -0.25) is 0 Å². The number of hydrogen-bond donors (Lipinski definition) is 1. The SMILES string of the molecule is CCC(CC)(C(Cc1ccc(Cl)cc1F)NC)N(C)C. The molecule has 0 amide bonds. The molecule has 1 unspecified atom stereocenters. The van der Waals surface area contributed by atoms with E-state index in [1.165, 1.54) is 6.07 Å². The fourth-order valence-electron chi connectivity index (χ4n) is 3.15. The van der Waals surface area contributed by atoms with Crippen LogP contribution in [0.2, 0.25) is 5.02 Å². The van der Waals surface area contributed by atoms with Gasteiger partial charge in [0.05, 0.1) is 0 Å². The third-order valence-electron chi connectivity index (χ3n) is 4.55. The highest BCUT2D eigenvalue weighted by Gasteiger charge is 2.37. The molecule has 0 aliphatic heterocycles. The van der Waals surface area contributed by atoms with Gasteiger partial charge in [-0.05, 0) is 58.1 Å². The van der Waals surface area contributed by atoms with E-state index < -0.39 is 0 Å². The summed E-state index contributed by atoms with van der Waals surface area (Å²) in [5.74, 6) is -0.224. The molecule has 0 heterocycles. The summed E-state index contributed by atoms with van der Waals surface area (Å²) in [7, 11) is 6.13. The molecule has 114 valence electrons. The normalized spacial score (nSPS) is 13.8. The van der Waals surface area contributed by atoms with Crippen LogP contribution in [0.5, 0.6) is 0 Å². The summed E-state index contributed by atoms with van der Waals surface area (Å²) < 4.78 is 14.0. The molecule has 2 nitrogen and oxygen atoms in total. The molecule has 0 radical (unpaired) electrons. The highest BCUT2D eigenvalue weighted by Crippen LogP contribution is 2.29. The minimum atomic E-state index is -0.224. The second-order valence-electron chi connectivity index (χ2n) is 5.49. The summed E-state index contributed by atoms with van der Waals surface area (Å²) in [5.41, 5.74) is 0.725. The average Bonchev–Trinajstić information content (AvgIpc) is 2.41. The van der Waals surface area contributed by atoms with E-state index in [1.54, 1.807) is 12.1 Å². The van der Waals surface area contributed by atoms with E-state index >= 15 is 0 Å². The van der Waals surface area contributed by atoms with Gasteiger partial charge in [-0.25, -0.2) is 4.39 Å². The van der Waals surface area contributed by atoms with Gasteiger partial charge in [-0.1, -0.05) is 31.5 Å². The second kappa shape index (κ2) is 7.39. The van der Waals surface area contributed by atoms with Crippen LogP contribution in [0.25, 0.3) is 0 Å². The smallest absolute Gasteiger partial charge is 0.127 e. The molecule has 4 heteroatoms. The van der Waals surface area contributed by atoms with Crippen LogP contribution in [0.1, 0.15) is 32.3 Å². The topological polar surface area (TPSA) is 15.3 Å². The molecule has 1 rings (SSSR count). The van der Waals surface area contributed by atoms with Crippen LogP contribution in [0.4, 0.5) is 4.39 Å². The molecule has 0 spiro atoms. The Hall–Kier alpha value is -0.640. The number of rotatable bonds is 7. The zero-order chi connectivity index (χ0) is 15.3. The van der Waals surface area contributed by atoms with E-state index in [-0.39, 0.29) is 17.4 Å². The van der Waals surface area contributed by atoms with E-state index in [1.807, 2.05) is 7.05 Å². The van der Waals surface area contributed by atoms with Crippen LogP contribution in [0.15, 0.2) is 18.2 Å². The van der Waals surface area contributed by atoms with Gasteiger partial charge in [-0.2, -0.15) is 0 Å². The number of halogens is 2. The lowest BCUT2D eigenvalue weighted by molar-refractivity contribution is 0.0914. The van der Waals surface area contributed by atoms with Crippen molar-refractivity contribution in [2.75, 3.05) is 21.1 Å². The van der Waals surface area contributed by atoms with Gasteiger partial charge >= 0.3 is 0 Å². The Morgan fingerprint density at radius 2 is 1.90 bits per heavy atom. The third-order valence-corrected chi connectivity index (χ3v) is 4.79. The Kier molecular flexibility index (Phi) is 6.44. The Bertz CT molecular complexity index is 430. The van der Waals surface area contributed by atoms with Gasteiger partial charge in [0.15, 0.2) is 0 Å². The van der Waals surface area contributed by atoms with Gasteiger partial charge in [0.1, 0.15) is 5.82 Å². The minimum Gasteiger partial charge on any atom is -0.315 e. The fraction of sp³-hybridized carbons (Fsp3) is 0.625. The van der Waals surface area contributed by atoms with E-state index in [0.29, 0.717) is 17.0 Å². The molecule has 0 saturated heterocycles. The lowest BCUT2D eigenvalue weighted by atomic mass is 9.80. The van der Waals surface area contributed by atoms with Gasteiger partial charge in [0.2, 0.25) is 0 Å². The molecule has 0 fully saturated rings. The maximum absolute atomic E-state index is 14.0. The first kappa shape index (κ1) is 17.4.